The van der Waals surface area contributed by atoms with Gasteiger partial charge in [0, 0.05) is 22.7 Å². The van der Waals surface area contributed by atoms with E-state index in [1.54, 1.807) is 0 Å². The van der Waals surface area contributed by atoms with E-state index in [-0.39, 0.29) is 10.8 Å². The molecule has 1 heteroatoms. The Morgan fingerprint density at radius 3 is 1.11 bits per heavy atom. The first-order valence-electron chi connectivity index (χ1n) is 26.3. The van der Waals surface area contributed by atoms with Crippen LogP contribution >= 0.6 is 0 Å². The van der Waals surface area contributed by atoms with E-state index in [4.69, 9.17) is 4.74 Å². The summed E-state index contributed by atoms with van der Waals surface area (Å²) in [5, 5.41) is 0. The van der Waals surface area contributed by atoms with E-state index in [0.717, 1.165) is 36.9 Å². The maximum Gasteiger partial charge on any atom is 0.0563 e. The molecule has 0 heterocycles. The molecular weight excluding hydrogens is 689 g/mol. The largest absolute Gasteiger partial charge is 0.380 e. The molecule has 0 bridgehead atoms. The molecule has 0 atom stereocenters. The Kier molecular flexibility index (Phi) is 18.1. The standard InChI is InChI=1S/C56H94O/c1-5-9-15-35-53(55(37-17-13-18-38-55)51-27-23-47(24-28-51)21-11-7-3)41-31-49(32-42-53)45-57-46-50-33-43-54(44-34-50,36-16-10-6-2)56(39-19-14-20-40-56)52-29-25-48(26-30-52)22-12-8-4/h31-34,41-44,47-52H,5-30,35-40,45-46H2,1-4H3. The highest BCUT2D eigenvalue weighted by atomic mass is 16.5. The molecule has 6 rings (SSSR count). The van der Waals surface area contributed by atoms with Crippen LogP contribution in [0.5, 0.6) is 0 Å². The average Bonchev–Trinajstić information content (AvgIpc) is 3.27. The van der Waals surface area contributed by atoms with Gasteiger partial charge in [-0.3, -0.25) is 0 Å². The molecule has 0 unspecified atom stereocenters. The van der Waals surface area contributed by atoms with Crippen molar-refractivity contribution in [3.8, 4) is 0 Å². The van der Waals surface area contributed by atoms with Gasteiger partial charge in [0.2, 0.25) is 0 Å². The molecule has 0 amide bonds. The maximum absolute atomic E-state index is 6.70. The lowest BCUT2D eigenvalue weighted by Crippen LogP contribution is -2.48. The molecule has 324 valence electrons. The third-order valence-electron chi connectivity index (χ3n) is 18.1. The minimum Gasteiger partial charge on any atom is -0.380 e. The van der Waals surface area contributed by atoms with E-state index >= 15 is 0 Å². The van der Waals surface area contributed by atoms with Gasteiger partial charge < -0.3 is 4.74 Å². The summed E-state index contributed by atoms with van der Waals surface area (Å²) >= 11 is 0. The molecular formula is C56H94O. The second kappa shape index (κ2) is 22.7. The van der Waals surface area contributed by atoms with Gasteiger partial charge in [-0.15, -0.1) is 0 Å². The highest BCUT2D eigenvalue weighted by Gasteiger charge is 2.55. The van der Waals surface area contributed by atoms with Crippen molar-refractivity contribution in [3.05, 3.63) is 48.6 Å². The fourth-order valence-electron chi connectivity index (χ4n) is 14.7. The van der Waals surface area contributed by atoms with Crippen LogP contribution in [0, 0.1) is 57.2 Å². The topological polar surface area (TPSA) is 9.23 Å². The Morgan fingerprint density at radius 1 is 0.421 bits per heavy atom. The highest BCUT2D eigenvalue weighted by molar-refractivity contribution is 5.28. The highest BCUT2D eigenvalue weighted by Crippen LogP contribution is 2.64. The minimum absolute atomic E-state index is 0.250. The van der Waals surface area contributed by atoms with E-state index in [1.165, 1.54) is 205 Å². The summed E-state index contributed by atoms with van der Waals surface area (Å²) in [4.78, 5) is 0. The lowest BCUT2D eigenvalue weighted by atomic mass is 9.47. The van der Waals surface area contributed by atoms with Crippen molar-refractivity contribution >= 4 is 0 Å². The first-order valence-corrected chi connectivity index (χ1v) is 26.3. The lowest BCUT2D eigenvalue weighted by molar-refractivity contribution is -0.0295. The third kappa shape index (κ3) is 10.9. The SMILES string of the molecule is CCCCCC1(C2(C3CCC(CCCC)CC3)CCCCC2)C=CC(COCC2C=CC(CCCCC)(C3(C4CCC(CCCC)CC4)CCCCC3)C=C2)C=C1. The summed E-state index contributed by atoms with van der Waals surface area (Å²) in [6, 6.07) is 0. The summed E-state index contributed by atoms with van der Waals surface area (Å²) in [6.07, 6.45) is 67.5. The second-order valence-corrected chi connectivity index (χ2v) is 21.4. The van der Waals surface area contributed by atoms with Gasteiger partial charge >= 0.3 is 0 Å². The molecule has 0 aromatic rings. The van der Waals surface area contributed by atoms with Crippen molar-refractivity contribution in [2.24, 2.45) is 57.2 Å². The first-order chi connectivity index (χ1) is 28.0. The molecule has 4 fully saturated rings. The molecule has 6 aliphatic rings. The van der Waals surface area contributed by atoms with Gasteiger partial charge in [0.25, 0.3) is 0 Å². The second-order valence-electron chi connectivity index (χ2n) is 21.4. The van der Waals surface area contributed by atoms with E-state index in [1.807, 2.05) is 0 Å². The van der Waals surface area contributed by atoms with Crippen LogP contribution in [0.2, 0.25) is 0 Å². The maximum atomic E-state index is 6.70. The van der Waals surface area contributed by atoms with Crippen LogP contribution < -0.4 is 0 Å². The fraction of sp³-hybridized carbons (Fsp3) is 0.857. The zero-order chi connectivity index (χ0) is 39.9. The summed E-state index contributed by atoms with van der Waals surface area (Å²) < 4.78 is 6.70. The average molecular weight is 783 g/mol. The monoisotopic (exact) mass is 783 g/mol. The number of hydrogen-bond acceptors (Lipinski definition) is 1. The molecule has 0 spiro atoms. The summed E-state index contributed by atoms with van der Waals surface area (Å²) in [5.41, 5.74) is 1.44. The zero-order valence-corrected chi connectivity index (χ0v) is 38.5. The molecule has 6 aliphatic carbocycles. The number of allylic oxidation sites excluding steroid dienone is 4. The van der Waals surface area contributed by atoms with Crippen LogP contribution in [-0.4, -0.2) is 13.2 Å². The number of rotatable bonds is 22. The molecule has 0 aromatic carbocycles. The summed E-state index contributed by atoms with van der Waals surface area (Å²) in [5.74, 6) is 4.64. The van der Waals surface area contributed by atoms with Gasteiger partial charge in [-0.05, 0) is 98.7 Å². The predicted molar refractivity (Wildman–Crippen MR) is 248 cm³/mol. The van der Waals surface area contributed by atoms with Gasteiger partial charge in [0.1, 0.15) is 0 Å². The van der Waals surface area contributed by atoms with Crippen molar-refractivity contribution in [2.45, 2.75) is 233 Å². The molecule has 4 saturated carbocycles. The van der Waals surface area contributed by atoms with Crippen LogP contribution in [0.3, 0.4) is 0 Å². The number of unbranched alkanes of at least 4 members (excludes halogenated alkanes) is 6. The molecule has 1 nitrogen and oxygen atoms in total. The van der Waals surface area contributed by atoms with Crippen molar-refractivity contribution < 1.29 is 4.74 Å². The molecule has 57 heavy (non-hydrogen) atoms. The van der Waals surface area contributed by atoms with Crippen LogP contribution in [0.15, 0.2) is 48.6 Å². The summed E-state index contributed by atoms with van der Waals surface area (Å²) in [7, 11) is 0. The third-order valence-corrected chi connectivity index (χ3v) is 18.1. The van der Waals surface area contributed by atoms with Crippen LogP contribution in [0.1, 0.15) is 233 Å². The van der Waals surface area contributed by atoms with E-state index < -0.39 is 0 Å². The van der Waals surface area contributed by atoms with Gasteiger partial charge in [0.15, 0.2) is 0 Å². The van der Waals surface area contributed by atoms with Gasteiger partial charge in [-0.1, -0.05) is 218 Å². The predicted octanol–water partition coefficient (Wildman–Crippen LogP) is 17.5. The Balaban J connectivity index is 1.10. The smallest absolute Gasteiger partial charge is 0.0563 e. The van der Waals surface area contributed by atoms with Crippen LogP contribution in [0.4, 0.5) is 0 Å². The zero-order valence-electron chi connectivity index (χ0n) is 38.5. The number of hydrogen-bond donors (Lipinski definition) is 0. The Labute approximate surface area is 355 Å². The van der Waals surface area contributed by atoms with Gasteiger partial charge in [-0.25, -0.2) is 0 Å². The molecule has 0 aliphatic heterocycles. The van der Waals surface area contributed by atoms with Crippen molar-refractivity contribution in [2.75, 3.05) is 13.2 Å². The van der Waals surface area contributed by atoms with Gasteiger partial charge in [0.05, 0.1) is 13.2 Å². The lowest BCUT2D eigenvalue weighted by Gasteiger charge is -2.57. The number of ether oxygens (including phenoxy) is 1. The quantitative estimate of drug-likeness (QED) is 0.0785. The molecule has 0 N–H and O–H groups in total. The Hall–Kier alpha value is -1.08. The first kappa shape index (κ1) is 45.4. The normalized spacial score (nSPS) is 35.1. The minimum atomic E-state index is 0.250. The Bertz CT molecular complexity index is 1110. The van der Waals surface area contributed by atoms with E-state index in [2.05, 4.69) is 76.3 Å². The summed E-state index contributed by atoms with van der Waals surface area (Å²) in [6.45, 7) is 11.2. The fourth-order valence-corrected chi connectivity index (χ4v) is 14.7. The van der Waals surface area contributed by atoms with Crippen molar-refractivity contribution in [3.63, 3.8) is 0 Å². The Morgan fingerprint density at radius 2 is 0.772 bits per heavy atom. The van der Waals surface area contributed by atoms with Gasteiger partial charge in [-0.2, -0.15) is 0 Å². The van der Waals surface area contributed by atoms with Crippen LogP contribution in [-0.2, 0) is 4.74 Å². The van der Waals surface area contributed by atoms with Crippen molar-refractivity contribution in [1.82, 2.24) is 0 Å². The van der Waals surface area contributed by atoms with Crippen molar-refractivity contribution in [1.29, 1.82) is 0 Å². The molecule has 0 saturated heterocycles. The van der Waals surface area contributed by atoms with E-state index in [0.29, 0.717) is 22.7 Å². The van der Waals surface area contributed by atoms with Crippen LogP contribution in [0.25, 0.3) is 0 Å². The molecule has 0 radical (unpaired) electrons. The van der Waals surface area contributed by atoms with E-state index in [9.17, 15) is 0 Å². The molecule has 0 aromatic heterocycles.